The van der Waals surface area contributed by atoms with Crippen molar-refractivity contribution in [3.8, 4) is 0 Å². The minimum absolute atomic E-state index is 0.363. The molecule has 1 rings (SSSR count). The van der Waals surface area contributed by atoms with Crippen molar-refractivity contribution in [2.45, 2.75) is 8.32 Å². The maximum absolute atomic E-state index is 11.4. The monoisotopic (exact) mass is 394 g/mol. The summed E-state index contributed by atoms with van der Waals surface area (Å²) in [5.41, 5.74) is 0.363. The lowest BCUT2D eigenvalue weighted by Gasteiger charge is -2.24. The molecule has 90 valence electrons. The van der Waals surface area contributed by atoms with Crippen LogP contribution in [0.15, 0.2) is 24.3 Å². The topological polar surface area (TPSA) is 54.4 Å². The summed E-state index contributed by atoms with van der Waals surface area (Å²) in [4.78, 5) is 0. The summed E-state index contributed by atoms with van der Waals surface area (Å²) < 4.78 is 21.0. The van der Waals surface area contributed by atoms with Crippen LogP contribution in [0, 0.1) is 0 Å². The Labute approximate surface area is 118 Å². The molecule has 2 atom stereocenters. The molecule has 0 saturated carbocycles. The van der Waals surface area contributed by atoms with Crippen molar-refractivity contribution >= 4 is 55.6 Å². The zero-order valence-corrected chi connectivity index (χ0v) is 12.7. The van der Waals surface area contributed by atoms with Crippen molar-refractivity contribution in [3.63, 3.8) is 0 Å². The van der Waals surface area contributed by atoms with Crippen molar-refractivity contribution < 1.29 is 13.5 Å². The second-order valence-corrected chi connectivity index (χ2v) is 9.81. The number of halogens is 3. The summed E-state index contributed by atoms with van der Waals surface area (Å²) in [6.45, 7) is 0. The van der Waals surface area contributed by atoms with Crippen LogP contribution in [-0.4, -0.2) is 22.0 Å². The van der Waals surface area contributed by atoms with E-state index in [4.69, 9.17) is 23.2 Å². The largest absolute Gasteiger partial charge is 0.385 e. The Balaban J connectivity index is 3.17. The van der Waals surface area contributed by atoms with E-state index in [2.05, 4.69) is 0 Å². The molecule has 0 radical (unpaired) electrons. The molecule has 0 amide bonds. The van der Waals surface area contributed by atoms with Gasteiger partial charge in [-0.05, 0) is 40.3 Å². The highest BCUT2D eigenvalue weighted by molar-refractivity contribution is 14.1. The average Bonchev–Trinajstić information content (AvgIpc) is 2.14. The summed E-state index contributed by atoms with van der Waals surface area (Å²) >= 11 is 13.1. The van der Waals surface area contributed by atoms with Crippen LogP contribution in [0.5, 0.6) is 0 Å². The first-order chi connectivity index (χ1) is 7.16. The Kier molecular flexibility index (Phi) is 4.51. The highest BCUT2D eigenvalue weighted by Crippen LogP contribution is 2.42. The average molecular weight is 395 g/mol. The third-order valence-electron chi connectivity index (χ3n) is 1.98. The van der Waals surface area contributed by atoms with Gasteiger partial charge in [-0.2, -0.15) is 0 Å². The second kappa shape index (κ2) is 4.97. The molecule has 0 aliphatic rings. The number of rotatable bonds is 3. The van der Waals surface area contributed by atoms with Gasteiger partial charge in [0.15, 0.2) is 9.84 Å². The molecular formula is C9H9Cl2IO3S. The van der Waals surface area contributed by atoms with Gasteiger partial charge in [-0.1, -0.05) is 35.3 Å². The smallest absolute Gasteiger partial charge is 0.224 e. The fraction of sp³-hybridized carbons (Fsp3) is 0.333. The lowest BCUT2D eigenvalue weighted by atomic mass is 10.1. The first-order valence-electron chi connectivity index (χ1n) is 4.17. The first kappa shape index (κ1) is 14.5. The summed E-state index contributed by atoms with van der Waals surface area (Å²) in [6.07, 6.45) is -0.372. The van der Waals surface area contributed by atoms with Gasteiger partial charge in [0.1, 0.15) is 6.10 Å². The van der Waals surface area contributed by atoms with Gasteiger partial charge < -0.3 is 5.11 Å². The fourth-order valence-electron chi connectivity index (χ4n) is 1.07. The molecule has 1 N–H and O–H groups in total. The predicted octanol–water partition coefficient (Wildman–Crippen LogP) is 2.75. The van der Waals surface area contributed by atoms with Gasteiger partial charge >= 0.3 is 0 Å². The van der Waals surface area contributed by atoms with Gasteiger partial charge in [0, 0.05) is 11.3 Å². The van der Waals surface area contributed by atoms with E-state index >= 15 is 0 Å². The molecule has 0 spiro atoms. The normalized spacial score (nSPS) is 17.8. The van der Waals surface area contributed by atoms with Crippen molar-refractivity contribution in [1.82, 2.24) is 0 Å². The van der Waals surface area contributed by atoms with Crippen molar-refractivity contribution in [2.24, 2.45) is 0 Å². The maximum Gasteiger partial charge on any atom is 0.224 e. The lowest BCUT2D eigenvalue weighted by Crippen LogP contribution is -2.31. The summed E-state index contributed by atoms with van der Waals surface area (Å²) in [5, 5.41) is 10.3. The molecule has 0 aliphatic carbocycles. The van der Waals surface area contributed by atoms with E-state index in [1.165, 1.54) is 28.7 Å². The second-order valence-electron chi connectivity index (χ2n) is 3.29. The quantitative estimate of drug-likeness (QED) is 0.633. The zero-order valence-electron chi connectivity index (χ0n) is 8.19. The Morgan fingerprint density at radius 3 is 2.50 bits per heavy atom. The maximum atomic E-state index is 11.4. The van der Waals surface area contributed by atoms with Crippen LogP contribution in [-0.2, 0) is 9.84 Å². The Hall–Kier alpha value is 0.440. The van der Waals surface area contributed by atoms with Crippen LogP contribution >= 0.6 is 45.8 Å². The van der Waals surface area contributed by atoms with Crippen LogP contribution in [0.3, 0.4) is 0 Å². The van der Waals surface area contributed by atoms with Crippen LogP contribution < -0.4 is 0 Å². The molecule has 0 heterocycles. The zero-order chi connectivity index (χ0) is 12.6. The number of aliphatic hydroxyl groups is 1. The van der Waals surface area contributed by atoms with Gasteiger partial charge in [-0.3, -0.25) is 0 Å². The van der Waals surface area contributed by atoms with Crippen LogP contribution in [0.4, 0.5) is 0 Å². The van der Waals surface area contributed by atoms with E-state index in [0.29, 0.717) is 10.6 Å². The van der Waals surface area contributed by atoms with E-state index in [9.17, 15) is 13.5 Å². The molecule has 0 aliphatic heterocycles. The standard InChI is InChI=1S/C9H9Cl2IO3S/c1-16(14,15)9(11,12)8(13)6-3-2-4-7(10)5-6/h2-5,8,13H,1H3/t8-,9-/m1/s1. The SMILES string of the molecule is CS(=O)(=O)[C@](Cl)(I)[C@H](O)c1cccc(Cl)c1. The number of benzene rings is 1. The van der Waals surface area contributed by atoms with E-state index in [0.717, 1.165) is 6.26 Å². The van der Waals surface area contributed by atoms with Crippen molar-refractivity contribution in [2.75, 3.05) is 6.26 Å². The lowest BCUT2D eigenvalue weighted by molar-refractivity contribution is 0.188. The highest BCUT2D eigenvalue weighted by atomic mass is 127. The third kappa shape index (κ3) is 3.01. The molecule has 1 aromatic carbocycles. The third-order valence-corrected chi connectivity index (χ3v) is 7.46. The summed E-state index contributed by atoms with van der Waals surface area (Å²) in [6, 6.07) is 6.29. The van der Waals surface area contributed by atoms with Gasteiger partial charge in [0.05, 0.1) is 0 Å². The van der Waals surface area contributed by atoms with Crippen LogP contribution in [0.2, 0.25) is 5.02 Å². The minimum Gasteiger partial charge on any atom is -0.385 e. The molecule has 3 nitrogen and oxygen atoms in total. The molecule has 0 saturated heterocycles. The molecule has 0 unspecified atom stereocenters. The molecule has 0 fully saturated rings. The van der Waals surface area contributed by atoms with Crippen molar-refractivity contribution in [3.05, 3.63) is 34.9 Å². The molecule has 16 heavy (non-hydrogen) atoms. The van der Waals surface area contributed by atoms with Gasteiger partial charge in [-0.25, -0.2) is 8.42 Å². The van der Waals surface area contributed by atoms with Crippen LogP contribution in [0.25, 0.3) is 0 Å². The number of hydrogen-bond acceptors (Lipinski definition) is 3. The Morgan fingerprint density at radius 1 is 1.50 bits per heavy atom. The fourth-order valence-corrected chi connectivity index (χ4v) is 2.30. The van der Waals surface area contributed by atoms with Crippen molar-refractivity contribution in [1.29, 1.82) is 0 Å². The highest BCUT2D eigenvalue weighted by Gasteiger charge is 2.44. The number of aliphatic hydroxyl groups excluding tert-OH is 1. The Morgan fingerprint density at radius 2 is 2.06 bits per heavy atom. The number of sulfone groups is 1. The van der Waals surface area contributed by atoms with Gasteiger partial charge in [0.25, 0.3) is 0 Å². The van der Waals surface area contributed by atoms with E-state index < -0.39 is 18.2 Å². The molecule has 0 bridgehead atoms. The minimum atomic E-state index is -3.60. The molecule has 1 aromatic rings. The van der Waals surface area contributed by atoms with Gasteiger partial charge in [-0.15, -0.1) is 0 Å². The van der Waals surface area contributed by atoms with E-state index in [-0.39, 0.29) is 0 Å². The number of alkyl halides is 2. The molecular weight excluding hydrogens is 386 g/mol. The van der Waals surface area contributed by atoms with E-state index in [1.54, 1.807) is 18.2 Å². The summed E-state index contributed by atoms with van der Waals surface area (Å²) in [7, 11) is -3.60. The number of hydrogen-bond donors (Lipinski definition) is 1. The predicted molar refractivity (Wildman–Crippen MR) is 73.9 cm³/mol. The summed E-state index contributed by atoms with van der Waals surface area (Å²) in [5.74, 6) is 0. The molecule has 0 aromatic heterocycles. The van der Waals surface area contributed by atoms with E-state index in [1.807, 2.05) is 0 Å². The van der Waals surface area contributed by atoms with Gasteiger partial charge in [0.2, 0.25) is 2.21 Å². The first-order valence-corrected chi connectivity index (χ1v) is 7.90. The molecule has 7 heteroatoms. The Bertz CT molecular complexity index is 487. The van der Waals surface area contributed by atoms with Crippen LogP contribution in [0.1, 0.15) is 11.7 Å².